The molecule has 4 nitrogen and oxygen atoms in total. The van der Waals surface area contributed by atoms with Gasteiger partial charge >= 0.3 is 0 Å². The number of hydrogen-bond acceptors (Lipinski definition) is 3. The maximum atomic E-state index is 13.4. The molecule has 40 heavy (non-hydrogen) atoms. The molecule has 0 amide bonds. The predicted molar refractivity (Wildman–Crippen MR) is 169 cm³/mol. The second-order valence-electron chi connectivity index (χ2n) is 11.1. The molecule has 0 unspecified atom stereocenters. The molecule has 0 bridgehead atoms. The third-order valence-electron chi connectivity index (χ3n) is 7.12. The average molecular weight is 570 g/mol. The fourth-order valence-corrected chi connectivity index (χ4v) is 10.9. The summed E-state index contributed by atoms with van der Waals surface area (Å²) in [6, 6.07) is 37.4. The van der Waals surface area contributed by atoms with E-state index in [1.165, 1.54) is 10.4 Å². The van der Waals surface area contributed by atoms with Crippen LogP contribution in [0, 0.1) is 6.92 Å². The molecule has 0 heterocycles. The molecule has 0 saturated carbocycles. The van der Waals surface area contributed by atoms with Gasteiger partial charge in [-0.05, 0) is 46.5 Å². The Labute approximate surface area is 240 Å². The van der Waals surface area contributed by atoms with Crippen molar-refractivity contribution in [3.05, 3.63) is 132 Å². The molecule has 6 heteroatoms. The van der Waals surface area contributed by atoms with E-state index in [0.717, 1.165) is 11.1 Å². The van der Waals surface area contributed by atoms with Crippen molar-refractivity contribution in [2.45, 2.75) is 50.1 Å². The Morgan fingerprint density at radius 3 is 1.77 bits per heavy atom. The van der Waals surface area contributed by atoms with Gasteiger partial charge < -0.3 is 4.43 Å². The summed E-state index contributed by atoms with van der Waals surface area (Å²) in [6.07, 6.45) is 4.37. The Bertz CT molecular complexity index is 1440. The highest BCUT2D eigenvalue weighted by atomic mass is 32.2. The summed E-state index contributed by atoms with van der Waals surface area (Å²) >= 11 is 0. The Kier molecular flexibility index (Phi) is 9.58. The zero-order valence-corrected chi connectivity index (χ0v) is 25.6. The quantitative estimate of drug-likeness (QED) is 0.215. The predicted octanol–water partition coefficient (Wildman–Crippen LogP) is 6.32. The number of rotatable bonds is 11. The minimum Gasteiger partial charge on any atom is -0.407 e. The highest BCUT2D eigenvalue weighted by molar-refractivity contribution is 7.89. The van der Waals surface area contributed by atoms with Crippen molar-refractivity contribution in [3.8, 4) is 0 Å². The van der Waals surface area contributed by atoms with Gasteiger partial charge in [0, 0.05) is 12.6 Å². The summed E-state index contributed by atoms with van der Waals surface area (Å²) in [4.78, 5) is 0.254. The van der Waals surface area contributed by atoms with Crippen LogP contribution in [0.1, 0.15) is 38.3 Å². The average Bonchev–Trinajstić information content (AvgIpc) is 2.95. The number of sulfonamides is 1. The summed E-state index contributed by atoms with van der Waals surface area (Å²) in [6.45, 7) is 9.06. The molecule has 4 rings (SSSR count). The molecule has 1 atom stereocenters. The number of aryl methyl sites for hydroxylation is 1. The van der Waals surface area contributed by atoms with Gasteiger partial charge in [0.05, 0.1) is 4.90 Å². The van der Waals surface area contributed by atoms with E-state index in [1.54, 1.807) is 12.1 Å². The van der Waals surface area contributed by atoms with Gasteiger partial charge in [-0.2, -0.15) is 0 Å². The van der Waals surface area contributed by atoms with E-state index < -0.39 is 24.4 Å². The Hall–Kier alpha value is -3.29. The lowest BCUT2D eigenvalue weighted by Gasteiger charge is -2.43. The SMILES string of the molecule is Cc1ccc(S(=O)(=O)N[C@@H](/C=C/c2ccccc2)CCO[Si](c2ccccc2)(c2ccccc2)C(C)(C)C)cc1. The van der Waals surface area contributed by atoms with Crippen LogP contribution in [-0.4, -0.2) is 29.4 Å². The lowest BCUT2D eigenvalue weighted by atomic mass is 10.1. The molecular weight excluding hydrogens is 531 g/mol. The van der Waals surface area contributed by atoms with E-state index in [2.05, 4.69) is 74.0 Å². The van der Waals surface area contributed by atoms with E-state index in [-0.39, 0.29) is 9.93 Å². The fraction of sp³-hybridized carbons (Fsp3) is 0.235. The van der Waals surface area contributed by atoms with Crippen LogP contribution >= 0.6 is 0 Å². The van der Waals surface area contributed by atoms with Crippen LogP contribution in [0.2, 0.25) is 5.04 Å². The lowest BCUT2D eigenvalue weighted by molar-refractivity contribution is 0.284. The molecule has 208 valence electrons. The monoisotopic (exact) mass is 569 g/mol. The first-order chi connectivity index (χ1) is 19.1. The first kappa shape index (κ1) is 29.7. The first-order valence-corrected chi connectivity index (χ1v) is 17.1. The van der Waals surface area contributed by atoms with Crippen LogP contribution in [0.25, 0.3) is 6.08 Å². The molecule has 0 aromatic heterocycles. The van der Waals surface area contributed by atoms with Crippen molar-refractivity contribution in [2.75, 3.05) is 6.61 Å². The second kappa shape index (κ2) is 12.9. The molecule has 0 aliphatic heterocycles. The topological polar surface area (TPSA) is 55.4 Å². The third-order valence-corrected chi connectivity index (χ3v) is 13.7. The van der Waals surface area contributed by atoms with Gasteiger partial charge in [-0.3, -0.25) is 0 Å². The molecule has 0 fully saturated rings. The van der Waals surface area contributed by atoms with Crippen LogP contribution in [-0.2, 0) is 14.4 Å². The van der Waals surface area contributed by atoms with Gasteiger partial charge in [0.15, 0.2) is 0 Å². The molecule has 0 spiro atoms. The maximum absolute atomic E-state index is 13.4. The molecule has 1 N–H and O–H groups in total. The second-order valence-corrected chi connectivity index (χ2v) is 17.1. The largest absolute Gasteiger partial charge is 0.407 e. The Morgan fingerprint density at radius 2 is 1.27 bits per heavy atom. The smallest absolute Gasteiger partial charge is 0.261 e. The molecular formula is C34H39NO3SSi. The molecule has 0 aliphatic rings. The Morgan fingerprint density at radius 1 is 0.775 bits per heavy atom. The summed E-state index contributed by atoms with van der Waals surface area (Å²) < 4.78 is 36.7. The van der Waals surface area contributed by atoms with E-state index in [4.69, 9.17) is 4.43 Å². The van der Waals surface area contributed by atoms with Gasteiger partial charge in [0.25, 0.3) is 8.32 Å². The molecule has 4 aromatic carbocycles. The summed E-state index contributed by atoms with van der Waals surface area (Å²) in [7, 11) is -6.46. The molecule has 0 radical (unpaired) electrons. The summed E-state index contributed by atoms with van der Waals surface area (Å²) in [5.41, 5.74) is 2.02. The van der Waals surface area contributed by atoms with Gasteiger partial charge in [-0.15, -0.1) is 0 Å². The number of nitrogens with one attached hydrogen (secondary N) is 1. The van der Waals surface area contributed by atoms with Crippen molar-refractivity contribution in [1.82, 2.24) is 4.72 Å². The number of hydrogen-bond donors (Lipinski definition) is 1. The number of benzene rings is 4. The summed E-state index contributed by atoms with van der Waals surface area (Å²) in [5.74, 6) is 0. The fourth-order valence-electron chi connectivity index (χ4n) is 5.07. The molecule has 4 aromatic rings. The van der Waals surface area contributed by atoms with E-state index in [1.807, 2.05) is 73.7 Å². The van der Waals surface area contributed by atoms with Crippen LogP contribution in [0.5, 0.6) is 0 Å². The highest BCUT2D eigenvalue weighted by Crippen LogP contribution is 2.36. The zero-order chi connectivity index (χ0) is 28.6. The molecule has 0 aliphatic carbocycles. The minimum absolute atomic E-state index is 0.160. The van der Waals surface area contributed by atoms with Crippen molar-refractivity contribution in [2.24, 2.45) is 0 Å². The van der Waals surface area contributed by atoms with E-state index in [0.29, 0.717) is 13.0 Å². The van der Waals surface area contributed by atoms with Crippen LogP contribution in [0.4, 0.5) is 0 Å². The van der Waals surface area contributed by atoms with Crippen molar-refractivity contribution < 1.29 is 12.8 Å². The summed E-state index contributed by atoms with van der Waals surface area (Å²) in [5, 5.41) is 2.24. The van der Waals surface area contributed by atoms with Crippen LogP contribution < -0.4 is 15.1 Å². The van der Waals surface area contributed by atoms with Crippen molar-refractivity contribution >= 4 is 34.8 Å². The molecule has 0 saturated heterocycles. The highest BCUT2D eigenvalue weighted by Gasteiger charge is 2.50. The van der Waals surface area contributed by atoms with Gasteiger partial charge in [-0.1, -0.05) is 142 Å². The minimum atomic E-state index is -3.72. The van der Waals surface area contributed by atoms with Gasteiger partial charge in [0.2, 0.25) is 10.0 Å². The zero-order valence-electron chi connectivity index (χ0n) is 23.7. The van der Waals surface area contributed by atoms with Crippen LogP contribution in [0.3, 0.4) is 0 Å². The van der Waals surface area contributed by atoms with Gasteiger partial charge in [-0.25, -0.2) is 13.1 Å². The standard InChI is InChI=1S/C34H39NO3SSi/c1-28-20-24-31(25-21-28)39(36,37)35-30(23-22-29-14-8-5-9-15-29)26-27-38-40(34(2,3)4,32-16-10-6-11-17-32)33-18-12-7-13-19-33/h5-25,30,35H,26-27H2,1-4H3/b23-22+/t30-/m0/s1. The maximum Gasteiger partial charge on any atom is 0.261 e. The normalized spacial score (nSPS) is 13.4. The lowest BCUT2D eigenvalue weighted by Crippen LogP contribution is -2.66. The van der Waals surface area contributed by atoms with Crippen molar-refractivity contribution in [1.29, 1.82) is 0 Å². The van der Waals surface area contributed by atoms with Gasteiger partial charge in [0.1, 0.15) is 0 Å². The van der Waals surface area contributed by atoms with E-state index in [9.17, 15) is 8.42 Å². The van der Waals surface area contributed by atoms with E-state index >= 15 is 0 Å². The third kappa shape index (κ3) is 7.07. The van der Waals surface area contributed by atoms with Crippen molar-refractivity contribution in [3.63, 3.8) is 0 Å². The van der Waals surface area contributed by atoms with Crippen LogP contribution in [0.15, 0.2) is 126 Å². The first-order valence-electron chi connectivity index (χ1n) is 13.7. The Balaban J connectivity index is 1.65.